The molecule has 1 fully saturated rings. The van der Waals surface area contributed by atoms with Gasteiger partial charge in [-0.15, -0.1) is 0 Å². The van der Waals surface area contributed by atoms with Crippen LogP contribution in [0.1, 0.15) is 27.7 Å². The van der Waals surface area contributed by atoms with Gasteiger partial charge in [0.1, 0.15) is 5.60 Å². The lowest BCUT2D eigenvalue weighted by Gasteiger charge is -2.36. The molecule has 0 atom stereocenters. The molecule has 1 amide bonds. The van der Waals surface area contributed by atoms with Gasteiger partial charge in [0.2, 0.25) is 4.38 Å². The summed E-state index contributed by atoms with van der Waals surface area (Å²) in [4.78, 5) is 17.2. The van der Waals surface area contributed by atoms with E-state index in [0.717, 1.165) is 23.7 Å². The zero-order valence-electron chi connectivity index (χ0n) is 15.3. The molecule has 0 saturated carbocycles. The number of rotatable bonds is 3. The number of hydrogen-bond donors (Lipinski definition) is 0. The first kappa shape index (κ1) is 19.8. The van der Waals surface area contributed by atoms with Crippen LogP contribution in [0.4, 0.5) is 10.5 Å². The maximum absolute atomic E-state index is 12.1. The van der Waals surface area contributed by atoms with Gasteiger partial charge in [0.05, 0.1) is 6.61 Å². The molecule has 0 unspecified atom stereocenters. The summed E-state index contributed by atoms with van der Waals surface area (Å²) in [5.41, 5.74) is 0.694. The third kappa shape index (κ3) is 6.40. The van der Waals surface area contributed by atoms with E-state index in [2.05, 4.69) is 17.0 Å². The molecule has 0 bridgehead atoms. The quantitative estimate of drug-likeness (QED) is 0.578. The van der Waals surface area contributed by atoms with Crippen molar-refractivity contribution in [3.8, 4) is 0 Å². The number of benzene rings is 1. The number of hydrogen-bond acceptors (Lipinski definition) is 6. The van der Waals surface area contributed by atoms with Crippen molar-refractivity contribution >= 4 is 40.1 Å². The Morgan fingerprint density at radius 3 is 2.28 bits per heavy atom. The molecule has 1 heterocycles. The zero-order valence-corrected chi connectivity index (χ0v) is 16.9. The maximum Gasteiger partial charge on any atom is 0.410 e. The predicted octanol–water partition coefficient (Wildman–Crippen LogP) is 4.16. The standard InChI is InChI=1S/C18H26N2O3S2/c1-5-22-17(24)25-15-8-6-14(7-9-15)19-10-12-20(13-11-19)16(21)23-18(2,3)4/h6-9H,5,10-13H2,1-4H3. The molecule has 1 aliphatic heterocycles. The Kier molecular flexibility index (Phi) is 6.95. The lowest BCUT2D eigenvalue weighted by molar-refractivity contribution is 0.0240. The van der Waals surface area contributed by atoms with Crippen molar-refractivity contribution in [2.45, 2.75) is 38.2 Å². The van der Waals surface area contributed by atoms with Crippen LogP contribution in [-0.2, 0) is 9.47 Å². The highest BCUT2D eigenvalue weighted by Crippen LogP contribution is 2.25. The number of carbonyl (C=O) groups excluding carboxylic acids is 1. The van der Waals surface area contributed by atoms with Crippen LogP contribution in [0.3, 0.4) is 0 Å². The molecule has 1 aromatic rings. The molecular formula is C18H26N2O3S2. The van der Waals surface area contributed by atoms with Crippen molar-refractivity contribution < 1.29 is 14.3 Å². The molecule has 25 heavy (non-hydrogen) atoms. The first-order valence-electron chi connectivity index (χ1n) is 8.46. The smallest absolute Gasteiger partial charge is 0.410 e. The Hall–Kier alpha value is -1.47. The van der Waals surface area contributed by atoms with Crippen LogP contribution in [0.15, 0.2) is 29.2 Å². The number of ether oxygens (including phenoxy) is 2. The monoisotopic (exact) mass is 382 g/mol. The summed E-state index contributed by atoms with van der Waals surface area (Å²) in [6.07, 6.45) is -0.233. The second kappa shape index (κ2) is 8.76. The number of carbonyl (C=O) groups is 1. The van der Waals surface area contributed by atoms with Gasteiger partial charge in [0.15, 0.2) is 0 Å². The fourth-order valence-corrected chi connectivity index (χ4v) is 3.49. The lowest BCUT2D eigenvalue weighted by Crippen LogP contribution is -2.50. The number of thioether (sulfide) groups is 1. The Bertz CT molecular complexity index is 591. The molecule has 0 aliphatic carbocycles. The van der Waals surface area contributed by atoms with Crippen LogP contribution >= 0.6 is 24.0 Å². The highest BCUT2D eigenvalue weighted by molar-refractivity contribution is 8.22. The maximum atomic E-state index is 12.1. The van der Waals surface area contributed by atoms with E-state index < -0.39 is 5.60 Å². The molecule has 138 valence electrons. The van der Waals surface area contributed by atoms with Gasteiger partial charge in [0, 0.05) is 36.8 Å². The molecule has 0 aromatic heterocycles. The highest BCUT2D eigenvalue weighted by Gasteiger charge is 2.25. The second-order valence-corrected chi connectivity index (χ2v) is 8.41. The molecule has 2 rings (SSSR count). The predicted molar refractivity (Wildman–Crippen MR) is 107 cm³/mol. The number of nitrogens with zero attached hydrogens (tertiary/aromatic N) is 2. The van der Waals surface area contributed by atoms with Crippen LogP contribution in [0.5, 0.6) is 0 Å². The molecular weight excluding hydrogens is 356 g/mol. The van der Waals surface area contributed by atoms with E-state index in [1.165, 1.54) is 11.8 Å². The number of piperazine rings is 1. The fraction of sp³-hybridized carbons (Fsp3) is 0.556. The van der Waals surface area contributed by atoms with Crippen molar-refractivity contribution in [3.63, 3.8) is 0 Å². The molecule has 0 radical (unpaired) electrons. The molecule has 1 aromatic carbocycles. The van der Waals surface area contributed by atoms with E-state index in [1.807, 2.05) is 39.8 Å². The number of amides is 1. The van der Waals surface area contributed by atoms with Crippen LogP contribution in [0, 0.1) is 0 Å². The topological polar surface area (TPSA) is 42.0 Å². The summed E-state index contributed by atoms with van der Waals surface area (Å²) < 4.78 is 11.3. The Labute approximate surface area is 159 Å². The van der Waals surface area contributed by atoms with E-state index in [1.54, 1.807) is 4.90 Å². The third-order valence-corrected chi connectivity index (χ3v) is 4.76. The average Bonchev–Trinajstić information content (AvgIpc) is 2.54. The molecule has 5 nitrogen and oxygen atoms in total. The van der Waals surface area contributed by atoms with Crippen molar-refractivity contribution in [1.82, 2.24) is 4.90 Å². The summed E-state index contributed by atoms with van der Waals surface area (Å²) in [5.74, 6) is 0. The Balaban J connectivity index is 1.86. The second-order valence-electron chi connectivity index (χ2n) is 6.73. The average molecular weight is 383 g/mol. The summed E-state index contributed by atoms with van der Waals surface area (Å²) in [5, 5.41) is 0. The van der Waals surface area contributed by atoms with Gasteiger partial charge in [-0.2, -0.15) is 0 Å². The van der Waals surface area contributed by atoms with E-state index in [4.69, 9.17) is 21.7 Å². The van der Waals surface area contributed by atoms with Gasteiger partial charge in [-0.05, 0) is 75.9 Å². The first-order valence-corrected chi connectivity index (χ1v) is 9.68. The van der Waals surface area contributed by atoms with Crippen molar-refractivity contribution in [2.75, 3.05) is 37.7 Å². The fourth-order valence-electron chi connectivity index (χ4n) is 2.44. The van der Waals surface area contributed by atoms with Gasteiger partial charge in [-0.3, -0.25) is 0 Å². The van der Waals surface area contributed by atoms with Crippen molar-refractivity contribution in [2.24, 2.45) is 0 Å². The summed E-state index contributed by atoms with van der Waals surface area (Å²) in [6, 6.07) is 8.26. The summed E-state index contributed by atoms with van der Waals surface area (Å²) in [6.45, 7) is 11.1. The largest absolute Gasteiger partial charge is 0.479 e. The first-order chi connectivity index (χ1) is 11.8. The number of anilines is 1. The molecule has 1 saturated heterocycles. The SMILES string of the molecule is CCOC(=S)Sc1ccc(N2CCN(C(=O)OC(C)(C)C)CC2)cc1. The van der Waals surface area contributed by atoms with Gasteiger partial charge < -0.3 is 19.3 Å². The Morgan fingerprint density at radius 1 is 1.16 bits per heavy atom. The minimum absolute atomic E-state index is 0.233. The number of thiocarbonyl (C=S) groups is 1. The summed E-state index contributed by atoms with van der Waals surface area (Å²) >= 11 is 6.60. The van der Waals surface area contributed by atoms with Crippen LogP contribution in [0.25, 0.3) is 0 Å². The van der Waals surface area contributed by atoms with Crippen LogP contribution in [-0.4, -0.2) is 53.8 Å². The van der Waals surface area contributed by atoms with Crippen molar-refractivity contribution in [3.05, 3.63) is 24.3 Å². The van der Waals surface area contributed by atoms with Gasteiger partial charge in [0.25, 0.3) is 0 Å². The molecule has 0 spiro atoms. The van der Waals surface area contributed by atoms with E-state index in [-0.39, 0.29) is 6.09 Å². The third-order valence-electron chi connectivity index (χ3n) is 3.60. The van der Waals surface area contributed by atoms with Crippen LogP contribution in [0.2, 0.25) is 0 Å². The Morgan fingerprint density at radius 2 is 1.76 bits per heavy atom. The minimum atomic E-state index is -0.455. The minimum Gasteiger partial charge on any atom is -0.479 e. The lowest BCUT2D eigenvalue weighted by atomic mass is 10.2. The van der Waals surface area contributed by atoms with E-state index in [0.29, 0.717) is 24.1 Å². The highest BCUT2D eigenvalue weighted by atomic mass is 32.2. The zero-order chi connectivity index (χ0) is 18.4. The van der Waals surface area contributed by atoms with Gasteiger partial charge >= 0.3 is 6.09 Å². The van der Waals surface area contributed by atoms with Gasteiger partial charge in [-0.1, -0.05) is 0 Å². The molecule has 1 aliphatic rings. The van der Waals surface area contributed by atoms with Gasteiger partial charge in [-0.25, -0.2) is 4.79 Å². The van der Waals surface area contributed by atoms with E-state index >= 15 is 0 Å². The summed E-state index contributed by atoms with van der Waals surface area (Å²) in [7, 11) is 0. The normalized spacial score (nSPS) is 15.0. The van der Waals surface area contributed by atoms with E-state index in [9.17, 15) is 4.79 Å². The van der Waals surface area contributed by atoms with Crippen molar-refractivity contribution in [1.29, 1.82) is 0 Å². The van der Waals surface area contributed by atoms with Crippen LogP contribution < -0.4 is 4.90 Å². The molecule has 0 N–H and O–H groups in total. The molecule has 7 heteroatoms.